The lowest BCUT2D eigenvalue weighted by Gasteiger charge is -2.29. The SMILES string of the molecule is CC1OCCC1N(C)C(=O)[C@@H]1CC[C@H](C(=O)O)C1. The number of carbonyl (C=O) groups is 2. The third-order valence-electron chi connectivity index (χ3n) is 4.31. The van der Waals surface area contributed by atoms with Gasteiger partial charge in [0, 0.05) is 19.6 Å². The zero-order valence-corrected chi connectivity index (χ0v) is 11.0. The summed E-state index contributed by atoms with van der Waals surface area (Å²) in [5.74, 6) is -1.15. The molecular formula is C13H21NO4. The van der Waals surface area contributed by atoms with Crippen molar-refractivity contribution in [1.29, 1.82) is 0 Å². The molecule has 0 bridgehead atoms. The number of carbonyl (C=O) groups excluding carboxylic acids is 1. The standard InChI is InChI=1S/C13H21NO4/c1-8-11(5-6-18-8)14(2)12(15)9-3-4-10(7-9)13(16)17/h8-11H,3-7H2,1-2H3,(H,16,17)/t8?,9-,10+,11?/m1/s1. The monoisotopic (exact) mass is 255 g/mol. The molecule has 4 atom stereocenters. The Bertz CT molecular complexity index is 344. The number of likely N-dealkylation sites (N-methyl/N-ethyl adjacent to an activating group) is 1. The normalized spacial score (nSPS) is 35.7. The van der Waals surface area contributed by atoms with Gasteiger partial charge < -0.3 is 14.7 Å². The van der Waals surface area contributed by atoms with Crippen LogP contribution in [0.3, 0.4) is 0 Å². The molecule has 1 aliphatic heterocycles. The Labute approximate surface area is 107 Å². The number of hydrogen-bond donors (Lipinski definition) is 1. The average Bonchev–Trinajstić information content (AvgIpc) is 2.95. The minimum atomic E-state index is -0.773. The Morgan fingerprint density at radius 3 is 2.39 bits per heavy atom. The van der Waals surface area contributed by atoms with Gasteiger partial charge in [-0.15, -0.1) is 0 Å². The highest BCUT2D eigenvalue weighted by Gasteiger charge is 2.38. The van der Waals surface area contributed by atoms with Gasteiger partial charge in [0.15, 0.2) is 0 Å². The van der Waals surface area contributed by atoms with Crippen LogP contribution in [0.4, 0.5) is 0 Å². The van der Waals surface area contributed by atoms with Gasteiger partial charge in [-0.1, -0.05) is 0 Å². The second-order valence-electron chi connectivity index (χ2n) is 5.43. The second-order valence-corrected chi connectivity index (χ2v) is 5.43. The van der Waals surface area contributed by atoms with Crippen LogP contribution in [0.15, 0.2) is 0 Å². The minimum absolute atomic E-state index is 0.0793. The zero-order valence-electron chi connectivity index (χ0n) is 11.0. The van der Waals surface area contributed by atoms with Gasteiger partial charge in [0.1, 0.15) is 0 Å². The predicted octanol–water partition coefficient (Wildman–Crippen LogP) is 1.12. The van der Waals surface area contributed by atoms with Crippen LogP contribution in [0.2, 0.25) is 0 Å². The van der Waals surface area contributed by atoms with Crippen molar-refractivity contribution >= 4 is 11.9 Å². The number of rotatable bonds is 3. The molecule has 1 N–H and O–H groups in total. The van der Waals surface area contributed by atoms with E-state index in [1.165, 1.54) is 0 Å². The van der Waals surface area contributed by atoms with Crippen LogP contribution in [0.1, 0.15) is 32.6 Å². The van der Waals surface area contributed by atoms with Crippen molar-refractivity contribution in [2.45, 2.75) is 44.8 Å². The molecule has 0 aromatic carbocycles. The number of ether oxygens (including phenoxy) is 1. The number of nitrogens with zero attached hydrogens (tertiary/aromatic N) is 1. The van der Waals surface area contributed by atoms with E-state index < -0.39 is 5.97 Å². The fourth-order valence-corrected chi connectivity index (χ4v) is 3.11. The third-order valence-corrected chi connectivity index (χ3v) is 4.31. The molecule has 5 heteroatoms. The third kappa shape index (κ3) is 2.51. The van der Waals surface area contributed by atoms with Gasteiger partial charge in [0.2, 0.25) is 5.91 Å². The average molecular weight is 255 g/mol. The smallest absolute Gasteiger partial charge is 0.306 e. The van der Waals surface area contributed by atoms with Crippen LogP contribution in [-0.4, -0.2) is 47.7 Å². The second kappa shape index (κ2) is 5.26. The maximum absolute atomic E-state index is 12.3. The Hall–Kier alpha value is -1.10. The first-order chi connectivity index (χ1) is 8.50. The van der Waals surface area contributed by atoms with E-state index in [1.807, 2.05) is 14.0 Å². The Morgan fingerprint density at radius 1 is 1.22 bits per heavy atom. The van der Waals surface area contributed by atoms with Gasteiger partial charge in [-0.05, 0) is 32.6 Å². The Balaban J connectivity index is 1.93. The first-order valence-electron chi connectivity index (χ1n) is 6.61. The maximum atomic E-state index is 12.3. The number of amides is 1. The summed E-state index contributed by atoms with van der Waals surface area (Å²) in [5.41, 5.74) is 0. The molecule has 1 amide bonds. The summed E-state index contributed by atoms with van der Waals surface area (Å²) in [7, 11) is 1.81. The van der Waals surface area contributed by atoms with Crippen LogP contribution in [0, 0.1) is 11.8 Å². The van der Waals surface area contributed by atoms with E-state index in [4.69, 9.17) is 9.84 Å². The van der Waals surface area contributed by atoms with Crippen LogP contribution < -0.4 is 0 Å². The molecule has 18 heavy (non-hydrogen) atoms. The van der Waals surface area contributed by atoms with Crippen molar-refractivity contribution in [2.75, 3.05) is 13.7 Å². The summed E-state index contributed by atoms with van der Waals surface area (Å²) in [4.78, 5) is 25.0. The zero-order chi connectivity index (χ0) is 13.3. The summed E-state index contributed by atoms with van der Waals surface area (Å²) in [6.45, 7) is 2.68. The molecule has 1 aliphatic carbocycles. The van der Waals surface area contributed by atoms with E-state index in [-0.39, 0.29) is 29.9 Å². The van der Waals surface area contributed by atoms with Gasteiger partial charge in [-0.25, -0.2) is 0 Å². The molecule has 0 spiro atoms. The van der Waals surface area contributed by atoms with Crippen molar-refractivity contribution in [2.24, 2.45) is 11.8 Å². The van der Waals surface area contributed by atoms with Crippen LogP contribution in [0.5, 0.6) is 0 Å². The van der Waals surface area contributed by atoms with E-state index in [0.717, 1.165) is 6.42 Å². The van der Waals surface area contributed by atoms with E-state index in [1.54, 1.807) is 4.90 Å². The molecular weight excluding hydrogens is 234 g/mol. The predicted molar refractivity (Wildman–Crippen MR) is 65.1 cm³/mol. The Kier molecular flexibility index (Phi) is 3.90. The largest absolute Gasteiger partial charge is 0.481 e. The number of carboxylic acids is 1. The molecule has 5 nitrogen and oxygen atoms in total. The Morgan fingerprint density at radius 2 is 1.89 bits per heavy atom. The van der Waals surface area contributed by atoms with E-state index >= 15 is 0 Å². The fourth-order valence-electron chi connectivity index (χ4n) is 3.11. The fraction of sp³-hybridized carbons (Fsp3) is 0.846. The van der Waals surface area contributed by atoms with Gasteiger partial charge in [-0.3, -0.25) is 9.59 Å². The highest BCUT2D eigenvalue weighted by Crippen LogP contribution is 2.33. The van der Waals surface area contributed by atoms with Crippen molar-refractivity contribution in [3.63, 3.8) is 0 Å². The number of carboxylic acid groups (broad SMARTS) is 1. The van der Waals surface area contributed by atoms with E-state index in [9.17, 15) is 9.59 Å². The van der Waals surface area contributed by atoms with Crippen molar-refractivity contribution in [1.82, 2.24) is 4.90 Å². The lowest BCUT2D eigenvalue weighted by molar-refractivity contribution is -0.142. The summed E-state index contributed by atoms with van der Waals surface area (Å²) in [6.07, 6.45) is 2.76. The van der Waals surface area contributed by atoms with Gasteiger partial charge >= 0.3 is 5.97 Å². The molecule has 102 valence electrons. The lowest BCUT2D eigenvalue weighted by Crippen LogP contribution is -2.43. The molecule has 1 saturated heterocycles. The summed E-state index contributed by atoms with van der Waals surface area (Å²) < 4.78 is 5.47. The molecule has 0 aromatic heterocycles. The highest BCUT2D eigenvalue weighted by atomic mass is 16.5. The van der Waals surface area contributed by atoms with Gasteiger partial charge in [0.05, 0.1) is 18.1 Å². The maximum Gasteiger partial charge on any atom is 0.306 e. The van der Waals surface area contributed by atoms with E-state index in [2.05, 4.69) is 0 Å². The van der Waals surface area contributed by atoms with Crippen LogP contribution in [-0.2, 0) is 14.3 Å². The summed E-state index contributed by atoms with van der Waals surface area (Å²) in [6, 6.07) is 0.140. The minimum Gasteiger partial charge on any atom is -0.481 e. The molecule has 2 aliphatic rings. The topological polar surface area (TPSA) is 66.8 Å². The summed E-state index contributed by atoms with van der Waals surface area (Å²) >= 11 is 0. The molecule has 0 radical (unpaired) electrons. The van der Waals surface area contributed by atoms with Crippen LogP contribution >= 0.6 is 0 Å². The molecule has 2 fully saturated rings. The van der Waals surface area contributed by atoms with E-state index in [0.29, 0.717) is 25.9 Å². The van der Waals surface area contributed by atoms with Crippen LogP contribution in [0.25, 0.3) is 0 Å². The quantitative estimate of drug-likeness (QED) is 0.820. The number of hydrogen-bond acceptors (Lipinski definition) is 3. The van der Waals surface area contributed by atoms with Crippen molar-refractivity contribution < 1.29 is 19.4 Å². The first-order valence-corrected chi connectivity index (χ1v) is 6.61. The van der Waals surface area contributed by atoms with Crippen molar-refractivity contribution in [3.8, 4) is 0 Å². The van der Waals surface area contributed by atoms with Gasteiger partial charge in [0.25, 0.3) is 0 Å². The van der Waals surface area contributed by atoms with Gasteiger partial charge in [-0.2, -0.15) is 0 Å². The first kappa shape index (κ1) is 13.3. The number of aliphatic carboxylic acids is 1. The van der Waals surface area contributed by atoms with Crippen molar-refractivity contribution in [3.05, 3.63) is 0 Å². The lowest BCUT2D eigenvalue weighted by atomic mass is 10.0. The molecule has 0 aromatic rings. The molecule has 1 heterocycles. The highest BCUT2D eigenvalue weighted by molar-refractivity contribution is 5.81. The molecule has 2 unspecified atom stereocenters. The molecule has 2 rings (SSSR count). The molecule has 1 saturated carbocycles. The summed E-state index contributed by atoms with van der Waals surface area (Å²) in [5, 5.41) is 8.96.